The molecule has 0 aliphatic heterocycles. The fraction of sp³-hybridized carbons (Fsp3) is 0.200. The molecule has 0 atom stereocenters. The highest BCUT2D eigenvalue weighted by molar-refractivity contribution is 5.44. The lowest BCUT2D eigenvalue weighted by atomic mass is 9.88. The van der Waals surface area contributed by atoms with Gasteiger partial charge in [-0.15, -0.1) is 0 Å². The van der Waals surface area contributed by atoms with Crippen LogP contribution in [0, 0.1) is 0 Å². The first-order valence-corrected chi connectivity index (χ1v) is 5.53. The first kappa shape index (κ1) is 10.9. The molecule has 1 fully saturated rings. The van der Waals surface area contributed by atoms with Crippen LogP contribution in [-0.4, -0.2) is 0 Å². The Morgan fingerprint density at radius 1 is 0.625 bits per heavy atom. The van der Waals surface area contributed by atoms with Crippen LogP contribution in [0.5, 0.6) is 0 Å². The molecule has 0 bridgehead atoms. The SMILES string of the molecule is N.c1ccc(C2(c3ccccc3)CC2)cc1. The number of rotatable bonds is 2. The van der Waals surface area contributed by atoms with E-state index in [1.165, 1.54) is 24.0 Å². The van der Waals surface area contributed by atoms with E-state index >= 15 is 0 Å². The minimum atomic E-state index is 0. The van der Waals surface area contributed by atoms with Gasteiger partial charge in [0.25, 0.3) is 0 Å². The Hall–Kier alpha value is -1.60. The van der Waals surface area contributed by atoms with Crippen molar-refractivity contribution in [3.8, 4) is 0 Å². The molecule has 0 amide bonds. The third kappa shape index (κ3) is 1.63. The summed E-state index contributed by atoms with van der Waals surface area (Å²) in [7, 11) is 0. The number of hydrogen-bond donors (Lipinski definition) is 1. The molecule has 0 heterocycles. The van der Waals surface area contributed by atoms with Gasteiger partial charge >= 0.3 is 0 Å². The normalized spacial score (nSPS) is 16.2. The molecular formula is C15H17N. The first-order chi connectivity index (χ1) is 7.42. The van der Waals surface area contributed by atoms with Gasteiger partial charge in [0.05, 0.1) is 0 Å². The molecule has 1 aliphatic carbocycles. The predicted octanol–water partition coefficient (Wildman–Crippen LogP) is 3.93. The zero-order valence-electron chi connectivity index (χ0n) is 9.39. The molecule has 0 aromatic heterocycles. The maximum absolute atomic E-state index is 2.25. The molecule has 0 radical (unpaired) electrons. The summed E-state index contributed by atoms with van der Waals surface area (Å²) in [5.74, 6) is 0. The third-order valence-electron chi connectivity index (χ3n) is 3.40. The average Bonchev–Trinajstić information content (AvgIpc) is 3.13. The Bertz CT molecular complexity index is 402. The van der Waals surface area contributed by atoms with E-state index in [0.29, 0.717) is 5.41 Å². The lowest BCUT2D eigenvalue weighted by Gasteiger charge is -2.15. The van der Waals surface area contributed by atoms with E-state index in [-0.39, 0.29) is 6.15 Å². The van der Waals surface area contributed by atoms with Crippen LogP contribution in [0.25, 0.3) is 0 Å². The van der Waals surface area contributed by atoms with Gasteiger partial charge in [-0.3, -0.25) is 0 Å². The molecule has 3 N–H and O–H groups in total. The smallest absolute Gasteiger partial charge is 0.0203 e. The average molecular weight is 211 g/mol. The van der Waals surface area contributed by atoms with Gasteiger partial charge in [-0.1, -0.05) is 60.7 Å². The Balaban J connectivity index is 0.000000963. The monoisotopic (exact) mass is 211 g/mol. The summed E-state index contributed by atoms with van der Waals surface area (Å²) in [4.78, 5) is 0. The lowest BCUT2D eigenvalue weighted by molar-refractivity contribution is 0.847. The van der Waals surface area contributed by atoms with Crippen molar-refractivity contribution in [2.45, 2.75) is 18.3 Å². The summed E-state index contributed by atoms with van der Waals surface area (Å²) in [6.45, 7) is 0. The van der Waals surface area contributed by atoms with Gasteiger partial charge in [0.15, 0.2) is 0 Å². The molecule has 1 aliphatic rings. The molecule has 0 saturated heterocycles. The van der Waals surface area contributed by atoms with E-state index in [9.17, 15) is 0 Å². The second-order valence-corrected chi connectivity index (χ2v) is 4.31. The maximum atomic E-state index is 2.25. The first-order valence-electron chi connectivity index (χ1n) is 5.53. The molecule has 3 rings (SSSR count). The van der Waals surface area contributed by atoms with Gasteiger partial charge in [0, 0.05) is 5.41 Å². The number of hydrogen-bond acceptors (Lipinski definition) is 1. The summed E-state index contributed by atoms with van der Waals surface area (Å²) >= 11 is 0. The molecule has 2 aromatic carbocycles. The van der Waals surface area contributed by atoms with E-state index in [4.69, 9.17) is 0 Å². The van der Waals surface area contributed by atoms with Crippen LogP contribution in [0.15, 0.2) is 60.7 Å². The zero-order chi connectivity index (χ0) is 10.1. The van der Waals surface area contributed by atoms with Gasteiger partial charge in [0.1, 0.15) is 0 Å². The Labute approximate surface area is 96.7 Å². The van der Waals surface area contributed by atoms with Crippen molar-refractivity contribution in [3.05, 3.63) is 71.8 Å². The van der Waals surface area contributed by atoms with Gasteiger partial charge < -0.3 is 6.15 Å². The molecule has 0 unspecified atom stereocenters. The van der Waals surface area contributed by atoms with Gasteiger partial charge in [-0.2, -0.15) is 0 Å². The van der Waals surface area contributed by atoms with Crippen molar-refractivity contribution in [2.24, 2.45) is 0 Å². The Morgan fingerprint density at radius 2 is 1.00 bits per heavy atom. The molecule has 82 valence electrons. The van der Waals surface area contributed by atoms with Crippen LogP contribution in [0.4, 0.5) is 0 Å². The Morgan fingerprint density at radius 3 is 1.31 bits per heavy atom. The summed E-state index contributed by atoms with van der Waals surface area (Å²) in [5.41, 5.74) is 3.27. The largest absolute Gasteiger partial charge is 0.344 e. The molecule has 1 heteroatoms. The highest BCUT2D eigenvalue weighted by Gasteiger charge is 2.45. The summed E-state index contributed by atoms with van der Waals surface area (Å²) in [5, 5.41) is 0. The van der Waals surface area contributed by atoms with Crippen molar-refractivity contribution in [2.75, 3.05) is 0 Å². The van der Waals surface area contributed by atoms with E-state index in [1.807, 2.05) is 0 Å². The minimum Gasteiger partial charge on any atom is -0.344 e. The topological polar surface area (TPSA) is 35.0 Å². The van der Waals surface area contributed by atoms with Crippen LogP contribution in [0.1, 0.15) is 24.0 Å². The fourth-order valence-electron chi connectivity index (χ4n) is 2.38. The van der Waals surface area contributed by atoms with Crippen molar-refractivity contribution < 1.29 is 0 Å². The second-order valence-electron chi connectivity index (χ2n) is 4.31. The van der Waals surface area contributed by atoms with Crippen molar-refractivity contribution in [1.82, 2.24) is 6.15 Å². The maximum Gasteiger partial charge on any atom is 0.0203 e. The molecule has 2 aromatic rings. The highest BCUT2D eigenvalue weighted by atomic mass is 14.5. The van der Waals surface area contributed by atoms with Crippen LogP contribution in [-0.2, 0) is 5.41 Å². The molecule has 1 nitrogen and oxygen atoms in total. The standard InChI is InChI=1S/C15H14.H3N/c1-3-7-13(8-4-1)15(11-12-15)14-9-5-2-6-10-14;/h1-10H,11-12H2;1H3. The van der Waals surface area contributed by atoms with Crippen LogP contribution in [0.2, 0.25) is 0 Å². The number of benzene rings is 2. The molecule has 1 saturated carbocycles. The minimum absolute atomic E-state index is 0. The fourth-order valence-corrected chi connectivity index (χ4v) is 2.38. The summed E-state index contributed by atoms with van der Waals surface area (Å²) in [6.07, 6.45) is 2.59. The van der Waals surface area contributed by atoms with E-state index in [0.717, 1.165) is 0 Å². The summed E-state index contributed by atoms with van der Waals surface area (Å²) in [6, 6.07) is 21.7. The van der Waals surface area contributed by atoms with Crippen molar-refractivity contribution >= 4 is 0 Å². The highest BCUT2D eigenvalue weighted by Crippen LogP contribution is 2.53. The lowest BCUT2D eigenvalue weighted by Crippen LogP contribution is -2.07. The van der Waals surface area contributed by atoms with Gasteiger partial charge in [0.2, 0.25) is 0 Å². The molecular weight excluding hydrogens is 194 g/mol. The summed E-state index contributed by atoms with van der Waals surface area (Å²) < 4.78 is 0. The Kier molecular flexibility index (Phi) is 2.80. The molecule has 16 heavy (non-hydrogen) atoms. The van der Waals surface area contributed by atoms with Crippen molar-refractivity contribution in [3.63, 3.8) is 0 Å². The van der Waals surface area contributed by atoms with Crippen LogP contribution < -0.4 is 6.15 Å². The van der Waals surface area contributed by atoms with Gasteiger partial charge in [-0.05, 0) is 24.0 Å². The van der Waals surface area contributed by atoms with Crippen LogP contribution >= 0.6 is 0 Å². The zero-order valence-corrected chi connectivity index (χ0v) is 9.39. The van der Waals surface area contributed by atoms with E-state index in [2.05, 4.69) is 60.7 Å². The quantitative estimate of drug-likeness (QED) is 0.802. The van der Waals surface area contributed by atoms with Crippen LogP contribution in [0.3, 0.4) is 0 Å². The second kappa shape index (κ2) is 4.11. The molecule has 0 spiro atoms. The van der Waals surface area contributed by atoms with E-state index in [1.54, 1.807) is 0 Å². The van der Waals surface area contributed by atoms with E-state index < -0.39 is 0 Å². The van der Waals surface area contributed by atoms with Gasteiger partial charge in [-0.25, -0.2) is 0 Å². The predicted molar refractivity (Wildman–Crippen MR) is 67.9 cm³/mol. The third-order valence-corrected chi connectivity index (χ3v) is 3.40. The van der Waals surface area contributed by atoms with Crippen molar-refractivity contribution in [1.29, 1.82) is 0 Å².